The van der Waals surface area contributed by atoms with Crippen molar-refractivity contribution in [2.24, 2.45) is 0 Å². The van der Waals surface area contributed by atoms with E-state index in [1.807, 2.05) is 78.9 Å². The fourth-order valence-corrected chi connectivity index (χ4v) is 8.17. The van der Waals surface area contributed by atoms with Crippen LogP contribution in [-0.2, 0) is 0 Å². The standard InChI is InChI=1S/C46H26N4O2S/c1-2-9-28(10-3-1)43-48-44(31-22-24-38-34(26-31)32-11-4-6-14-37(32)51-38)50-45(49-43)33-12-8-15-40-42(33)35-25-30(21-23-39(35)52-40)27-17-19-29(20-18-27)46-47-36-13-5-7-16-41(36)53-46/h1-26H. The van der Waals surface area contributed by atoms with Crippen molar-refractivity contribution in [2.75, 3.05) is 0 Å². The van der Waals surface area contributed by atoms with E-state index in [0.717, 1.165) is 87.8 Å². The van der Waals surface area contributed by atoms with E-state index in [1.54, 1.807) is 11.3 Å². The van der Waals surface area contributed by atoms with Gasteiger partial charge in [0, 0.05) is 43.8 Å². The molecule has 0 aliphatic carbocycles. The van der Waals surface area contributed by atoms with Gasteiger partial charge in [-0.15, -0.1) is 11.3 Å². The second kappa shape index (κ2) is 11.8. The molecular weight excluding hydrogens is 673 g/mol. The number of aromatic nitrogens is 4. The number of hydrogen-bond acceptors (Lipinski definition) is 7. The minimum Gasteiger partial charge on any atom is -0.456 e. The Balaban J connectivity index is 1.05. The number of para-hydroxylation sites is 2. The molecule has 0 amide bonds. The summed E-state index contributed by atoms with van der Waals surface area (Å²) in [6.45, 7) is 0. The Hall–Kier alpha value is -6.96. The molecule has 0 N–H and O–H groups in total. The molecule has 11 aromatic rings. The van der Waals surface area contributed by atoms with Crippen molar-refractivity contribution in [1.82, 2.24) is 19.9 Å². The largest absolute Gasteiger partial charge is 0.456 e. The highest BCUT2D eigenvalue weighted by Crippen LogP contribution is 2.39. The first-order chi connectivity index (χ1) is 26.2. The van der Waals surface area contributed by atoms with Gasteiger partial charge in [0.1, 0.15) is 27.3 Å². The van der Waals surface area contributed by atoms with Gasteiger partial charge in [0.2, 0.25) is 0 Å². The summed E-state index contributed by atoms with van der Waals surface area (Å²) in [6.07, 6.45) is 0. The monoisotopic (exact) mass is 698 g/mol. The first kappa shape index (κ1) is 29.7. The van der Waals surface area contributed by atoms with Gasteiger partial charge in [0.15, 0.2) is 17.5 Å². The third-order valence-corrected chi connectivity index (χ3v) is 10.9. The van der Waals surface area contributed by atoms with Crippen LogP contribution in [0, 0.1) is 0 Å². The molecule has 0 saturated carbocycles. The van der Waals surface area contributed by atoms with E-state index >= 15 is 0 Å². The maximum Gasteiger partial charge on any atom is 0.164 e. The molecule has 0 bridgehead atoms. The smallest absolute Gasteiger partial charge is 0.164 e. The number of benzene rings is 7. The molecule has 0 atom stereocenters. The molecule has 0 aliphatic rings. The topological polar surface area (TPSA) is 77.8 Å². The zero-order chi connectivity index (χ0) is 34.9. The summed E-state index contributed by atoms with van der Waals surface area (Å²) in [4.78, 5) is 20.1. The number of hydrogen-bond donors (Lipinski definition) is 0. The summed E-state index contributed by atoms with van der Waals surface area (Å²) in [7, 11) is 0. The molecule has 7 heteroatoms. The highest BCUT2D eigenvalue weighted by molar-refractivity contribution is 7.21. The highest BCUT2D eigenvalue weighted by atomic mass is 32.1. The fraction of sp³-hybridized carbons (Fsp3) is 0. The van der Waals surface area contributed by atoms with Gasteiger partial charge in [0.05, 0.1) is 10.2 Å². The minimum absolute atomic E-state index is 0.574. The zero-order valence-electron chi connectivity index (χ0n) is 28.0. The van der Waals surface area contributed by atoms with E-state index in [-0.39, 0.29) is 0 Å². The predicted octanol–water partition coefficient (Wildman–Crippen LogP) is 12.6. The molecule has 7 aromatic carbocycles. The molecule has 0 radical (unpaired) electrons. The van der Waals surface area contributed by atoms with Crippen molar-refractivity contribution >= 4 is 65.4 Å². The quantitative estimate of drug-likeness (QED) is 0.178. The van der Waals surface area contributed by atoms with E-state index < -0.39 is 0 Å². The van der Waals surface area contributed by atoms with Crippen molar-refractivity contribution in [3.05, 3.63) is 158 Å². The molecule has 4 heterocycles. The van der Waals surface area contributed by atoms with Crippen LogP contribution in [0.4, 0.5) is 0 Å². The molecular formula is C46H26N4O2S. The molecule has 0 saturated heterocycles. The molecule has 11 rings (SSSR count). The number of nitrogens with zero attached hydrogens (tertiary/aromatic N) is 4. The molecule has 0 fully saturated rings. The van der Waals surface area contributed by atoms with Gasteiger partial charge < -0.3 is 8.83 Å². The van der Waals surface area contributed by atoms with Crippen LogP contribution in [0.3, 0.4) is 0 Å². The molecule has 0 aliphatic heterocycles. The van der Waals surface area contributed by atoms with Gasteiger partial charge in [-0.25, -0.2) is 19.9 Å². The summed E-state index contributed by atoms with van der Waals surface area (Å²) < 4.78 is 13.7. The Kier molecular flexibility index (Phi) is 6.62. The summed E-state index contributed by atoms with van der Waals surface area (Å²) in [5, 5.41) is 5.05. The van der Waals surface area contributed by atoms with Gasteiger partial charge in [-0.3, -0.25) is 0 Å². The highest BCUT2D eigenvalue weighted by Gasteiger charge is 2.19. The Morgan fingerprint density at radius 1 is 0.377 bits per heavy atom. The summed E-state index contributed by atoms with van der Waals surface area (Å²) >= 11 is 1.71. The molecule has 6 nitrogen and oxygen atoms in total. The normalized spacial score (nSPS) is 11.8. The van der Waals surface area contributed by atoms with Crippen LogP contribution in [-0.4, -0.2) is 19.9 Å². The van der Waals surface area contributed by atoms with Gasteiger partial charge in [-0.05, 0) is 65.7 Å². The Morgan fingerprint density at radius 2 is 1.00 bits per heavy atom. The van der Waals surface area contributed by atoms with Crippen LogP contribution in [0.2, 0.25) is 0 Å². The van der Waals surface area contributed by atoms with Crippen LogP contribution in [0.1, 0.15) is 0 Å². The van der Waals surface area contributed by atoms with E-state index in [2.05, 4.69) is 78.9 Å². The minimum atomic E-state index is 0.574. The third kappa shape index (κ3) is 5.01. The number of thiazole rings is 1. The first-order valence-corrected chi connectivity index (χ1v) is 18.2. The van der Waals surface area contributed by atoms with Crippen LogP contribution < -0.4 is 0 Å². The molecule has 248 valence electrons. The number of fused-ring (bicyclic) bond motifs is 7. The average molecular weight is 699 g/mol. The molecule has 0 spiro atoms. The van der Waals surface area contributed by atoms with Crippen LogP contribution in [0.15, 0.2) is 167 Å². The second-order valence-corrected chi connectivity index (χ2v) is 14.1. The third-order valence-electron chi connectivity index (χ3n) is 9.80. The van der Waals surface area contributed by atoms with Crippen LogP contribution >= 0.6 is 11.3 Å². The summed E-state index contributed by atoms with van der Waals surface area (Å²) in [6, 6.07) is 53.6. The van der Waals surface area contributed by atoms with E-state index in [0.29, 0.717) is 17.5 Å². The lowest BCUT2D eigenvalue weighted by molar-refractivity contribution is 0.668. The van der Waals surface area contributed by atoms with Gasteiger partial charge >= 0.3 is 0 Å². The maximum absolute atomic E-state index is 6.43. The lowest BCUT2D eigenvalue weighted by Crippen LogP contribution is -2.00. The average Bonchev–Trinajstić information content (AvgIpc) is 3.94. The van der Waals surface area contributed by atoms with Crippen molar-refractivity contribution in [3.63, 3.8) is 0 Å². The predicted molar refractivity (Wildman–Crippen MR) is 215 cm³/mol. The SMILES string of the molecule is c1ccc(-c2nc(-c3ccc4oc5ccccc5c4c3)nc(-c3cccc4oc5ccc(-c6ccc(-c7nc8ccccc8s7)cc6)cc5c34)n2)cc1. The van der Waals surface area contributed by atoms with Crippen LogP contribution in [0.5, 0.6) is 0 Å². The van der Waals surface area contributed by atoms with E-state index in [1.165, 1.54) is 4.70 Å². The van der Waals surface area contributed by atoms with Crippen molar-refractivity contribution in [1.29, 1.82) is 0 Å². The van der Waals surface area contributed by atoms with Crippen molar-refractivity contribution in [2.45, 2.75) is 0 Å². The van der Waals surface area contributed by atoms with Crippen molar-refractivity contribution in [3.8, 4) is 55.9 Å². The molecule has 53 heavy (non-hydrogen) atoms. The first-order valence-electron chi connectivity index (χ1n) is 17.4. The molecule has 4 aromatic heterocycles. The Bertz CT molecular complexity index is 3150. The lowest BCUT2D eigenvalue weighted by Gasteiger charge is -2.09. The fourth-order valence-electron chi connectivity index (χ4n) is 7.20. The van der Waals surface area contributed by atoms with Crippen LogP contribution in [0.25, 0.3) is 110 Å². The number of rotatable bonds is 5. The zero-order valence-corrected chi connectivity index (χ0v) is 28.8. The summed E-state index contributed by atoms with van der Waals surface area (Å²) in [5.74, 6) is 1.76. The Labute approximate surface area is 306 Å². The summed E-state index contributed by atoms with van der Waals surface area (Å²) in [5.41, 5.74) is 10.2. The lowest BCUT2D eigenvalue weighted by atomic mass is 9.99. The number of furan rings is 2. The van der Waals surface area contributed by atoms with Gasteiger partial charge in [-0.2, -0.15) is 0 Å². The van der Waals surface area contributed by atoms with E-state index in [9.17, 15) is 0 Å². The van der Waals surface area contributed by atoms with Crippen molar-refractivity contribution < 1.29 is 8.83 Å². The maximum atomic E-state index is 6.43. The van der Waals surface area contributed by atoms with E-state index in [4.69, 9.17) is 28.8 Å². The van der Waals surface area contributed by atoms with Gasteiger partial charge in [0.25, 0.3) is 0 Å². The Morgan fingerprint density at radius 3 is 1.87 bits per heavy atom. The molecule has 0 unspecified atom stereocenters. The second-order valence-electron chi connectivity index (χ2n) is 13.0. The van der Waals surface area contributed by atoms with Gasteiger partial charge in [-0.1, -0.05) is 103 Å².